The molecule has 0 saturated heterocycles. The summed E-state index contributed by atoms with van der Waals surface area (Å²) < 4.78 is 37.4. The van der Waals surface area contributed by atoms with E-state index in [0.29, 0.717) is 0 Å². The van der Waals surface area contributed by atoms with Crippen LogP contribution >= 0.6 is 0 Å². The molecule has 0 radical (unpaired) electrons. The van der Waals surface area contributed by atoms with E-state index in [4.69, 9.17) is 10.2 Å². The van der Waals surface area contributed by atoms with Gasteiger partial charge in [0.25, 0.3) is 0 Å². The molecule has 1 amide bonds. The molecule has 1 fully saturated rings. The van der Waals surface area contributed by atoms with Crippen LogP contribution in [0.2, 0.25) is 0 Å². The number of halogens is 3. The van der Waals surface area contributed by atoms with Crippen molar-refractivity contribution in [3.63, 3.8) is 0 Å². The Bertz CT molecular complexity index is 250. The molecule has 1 aliphatic carbocycles. The summed E-state index contributed by atoms with van der Waals surface area (Å²) in [5, 5.41) is 18.9. The molecule has 0 spiro atoms. The van der Waals surface area contributed by atoms with E-state index in [1.807, 2.05) is 5.32 Å². The Morgan fingerprint density at radius 3 is 2.27 bits per heavy atom. The molecule has 1 aliphatic rings. The van der Waals surface area contributed by atoms with E-state index < -0.39 is 30.3 Å². The number of hydrogen-bond donors (Lipinski definition) is 3. The van der Waals surface area contributed by atoms with Crippen molar-refractivity contribution in [3.8, 4) is 0 Å². The van der Waals surface area contributed by atoms with Crippen molar-refractivity contribution in [1.82, 2.24) is 5.32 Å². The SMILES string of the molecule is O=C(O)NC(CO)CC1(C(F)(F)F)CC1. The quantitative estimate of drug-likeness (QED) is 0.678. The first-order chi connectivity index (χ1) is 6.81. The van der Waals surface area contributed by atoms with Gasteiger partial charge in [-0.25, -0.2) is 4.79 Å². The van der Waals surface area contributed by atoms with Crippen LogP contribution in [0, 0.1) is 5.41 Å². The summed E-state index contributed by atoms with van der Waals surface area (Å²) in [7, 11) is 0. The number of alkyl halides is 3. The average molecular weight is 227 g/mol. The molecule has 1 saturated carbocycles. The fourth-order valence-electron chi connectivity index (χ4n) is 1.56. The first kappa shape index (κ1) is 12.1. The van der Waals surface area contributed by atoms with Crippen LogP contribution in [0.4, 0.5) is 18.0 Å². The van der Waals surface area contributed by atoms with Crippen molar-refractivity contribution in [2.45, 2.75) is 31.5 Å². The van der Waals surface area contributed by atoms with Crippen molar-refractivity contribution in [1.29, 1.82) is 0 Å². The van der Waals surface area contributed by atoms with Crippen LogP contribution in [-0.4, -0.2) is 35.1 Å². The highest BCUT2D eigenvalue weighted by Crippen LogP contribution is 2.60. The summed E-state index contributed by atoms with van der Waals surface area (Å²) in [4.78, 5) is 10.2. The van der Waals surface area contributed by atoms with Crippen LogP contribution in [0.3, 0.4) is 0 Å². The number of carboxylic acid groups (broad SMARTS) is 1. The third-order valence-corrected chi connectivity index (χ3v) is 2.64. The minimum absolute atomic E-state index is 0.00823. The second kappa shape index (κ2) is 3.88. The van der Waals surface area contributed by atoms with Gasteiger partial charge in [-0.2, -0.15) is 13.2 Å². The highest BCUT2D eigenvalue weighted by molar-refractivity contribution is 5.64. The van der Waals surface area contributed by atoms with Crippen LogP contribution in [-0.2, 0) is 0 Å². The van der Waals surface area contributed by atoms with Crippen LogP contribution in [0.25, 0.3) is 0 Å². The van der Waals surface area contributed by atoms with E-state index in [-0.39, 0.29) is 19.3 Å². The zero-order valence-electron chi connectivity index (χ0n) is 7.84. The maximum atomic E-state index is 12.5. The molecule has 7 heteroatoms. The summed E-state index contributed by atoms with van der Waals surface area (Å²) in [5.74, 6) is 0. The average Bonchev–Trinajstić information content (AvgIpc) is 2.82. The summed E-state index contributed by atoms with van der Waals surface area (Å²) in [6.45, 7) is -0.621. The van der Waals surface area contributed by atoms with Crippen LogP contribution < -0.4 is 5.32 Å². The van der Waals surface area contributed by atoms with Crippen LogP contribution in [0.1, 0.15) is 19.3 Å². The third-order valence-electron chi connectivity index (χ3n) is 2.64. The van der Waals surface area contributed by atoms with Crippen molar-refractivity contribution in [2.75, 3.05) is 6.61 Å². The molecule has 1 atom stereocenters. The van der Waals surface area contributed by atoms with E-state index in [1.54, 1.807) is 0 Å². The predicted octanol–water partition coefficient (Wildman–Crippen LogP) is 1.35. The Balaban J connectivity index is 2.56. The van der Waals surface area contributed by atoms with Crippen molar-refractivity contribution < 1.29 is 28.2 Å². The Labute approximate surface area is 84.1 Å². The van der Waals surface area contributed by atoms with Gasteiger partial charge in [0.1, 0.15) is 0 Å². The van der Waals surface area contributed by atoms with Gasteiger partial charge < -0.3 is 15.5 Å². The zero-order chi connectivity index (χ0) is 11.7. The maximum absolute atomic E-state index is 12.5. The Kier molecular flexibility index (Phi) is 3.13. The van der Waals surface area contributed by atoms with Crippen molar-refractivity contribution >= 4 is 6.09 Å². The first-order valence-corrected chi connectivity index (χ1v) is 4.48. The number of carbonyl (C=O) groups is 1. The molecule has 1 unspecified atom stereocenters. The van der Waals surface area contributed by atoms with E-state index in [2.05, 4.69) is 0 Å². The molecule has 0 aromatic carbocycles. The summed E-state index contributed by atoms with van der Waals surface area (Å²) in [6, 6.07) is -1.05. The Morgan fingerprint density at radius 2 is 2.00 bits per heavy atom. The smallest absolute Gasteiger partial charge is 0.404 e. The molecule has 15 heavy (non-hydrogen) atoms. The number of hydrogen-bond acceptors (Lipinski definition) is 2. The summed E-state index contributed by atoms with van der Waals surface area (Å²) in [5.41, 5.74) is -1.79. The molecule has 1 rings (SSSR count). The minimum Gasteiger partial charge on any atom is -0.465 e. The van der Waals surface area contributed by atoms with E-state index >= 15 is 0 Å². The highest BCUT2D eigenvalue weighted by Gasteiger charge is 2.63. The lowest BCUT2D eigenvalue weighted by Crippen LogP contribution is -2.41. The van der Waals surface area contributed by atoms with Gasteiger partial charge in [-0.1, -0.05) is 0 Å². The van der Waals surface area contributed by atoms with E-state index in [1.165, 1.54) is 0 Å². The number of aliphatic hydroxyl groups is 1. The van der Waals surface area contributed by atoms with Gasteiger partial charge in [-0.05, 0) is 19.3 Å². The third kappa shape index (κ3) is 2.74. The molecule has 4 nitrogen and oxygen atoms in total. The fraction of sp³-hybridized carbons (Fsp3) is 0.875. The van der Waals surface area contributed by atoms with E-state index in [0.717, 1.165) is 0 Å². The molecular formula is C8H12F3NO3. The number of aliphatic hydroxyl groups excluding tert-OH is 1. The minimum atomic E-state index is -4.32. The zero-order valence-corrected chi connectivity index (χ0v) is 7.84. The van der Waals surface area contributed by atoms with Gasteiger partial charge >= 0.3 is 12.3 Å². The first-order valence-electron chi connectivity index (χ1n) is 4.48. The largest absolute Gasteiger partial charge is 0.465 e. The highest BCUT2D eigenvalue weighted by atomic mass is 19.4. The molecule has 0 aliphatic heterocycles. The standard InChI is InChI=1S/C8H12F3NO3/c9-8(10,11)7(1-2-7)3-5(4-13)12-6(14)15/h5,12-13H,1-4H2,(H,14,15). The summed E-state index contributed by atoms with van der Waals surface area (Å²) in [6.07, 6.45) is -6.12. The monoisotopic (exact) mass is 227 g/mol. The molecular weight excluding hydrogens is 215 g/mol. The summed E-state index contributed by atoms with van der Waals surface area (Å²) >= 11 is 0. The van der Waals surface area contributed by atoms with Gasteiger partial charge in [-0.3, -0.25) is 0 Å². The fourth-order valence-corrected chi connectivity index (χ4v) is 1.56. The van der Waals surface area contributed by atoms with Gasteiger partial charge in [-0.15, -0.1) is 0 Å². The van der Waals surface area contributed by atoms with Crippen LogP contribution in [0.15, 0.2) is 0 Å². The van der Waals surface area contributed by atoms with E-state index in [9.17, 15) is 18.0 Å². The maximum Gasteiger partial charge on any atom is 0.404 e. The van der Waals surface area contributed by atoms with Gasteiger partial charge in [0.15, 0.2) is 0 Å². The molecule has 0 aromatic rings. The van der Waals surface area contributed by atoms with Crippen molar-refractivity contribution in [3.05, 3.63) is 0 Å². The molecule has 0 aromatic heterocycles. The van der Waals surface area contributed by atoms with Gasteiger partial charge in [0.2, 0.25) is 0 Å². The second-order valence-corrected chi connectivity index (χ2v) is 3.81. The van der Waals surface area contributed by atoms with Crippen LogP contribution in [0.5, 0.6) is 0 Å². The lowest BCUT2D eigenvalue weighted by atomic mass is 9.96. The molecule has 88 valence electrons. The number of amides is 1. The second-order valence-electron chi connectivity index (χ2n) is 3.81. The normalized spacial score (nSPS) is 20.8. The number of rotatable bonds is 4. The Morgan fingerprint density at radius 1 is 1.47 bits per heavy atom. The molecule has 3 N–H and O–H groups in total. The van der Waals surface area contributed by atoms with Gasteiger partial charge in [0.05, 0.1) is 18.1 Å². The van der Waals surface area contributed by atoms with Gasteiger partial charge in [0, 0.05) is 0 Å². The predicted molar refractivity (Wildman–Crippen MR) is 44.4 cm³/mol. The topological polar surface area (TPSA) is 69.6 Å². The molecule has 0 heterocycles. The number of nitrogens with one attached hydrogen (secondary N) is 1. The lowest BCUT2D eigenvalue weighted by molar-refractivity contribution is -0.191. The Hall–Kier alpha value is -0.980. The molecule has 0 bridgehead atoms. The van der Waals surface area contributed by atoms with Crippen molar-refractivity contribution in [2.24, 2.45) is 5.41 Å². The lowest BCUT2D eigenvalue weighted by Gasteiger charge is -2.23.